The molecule has 1 amide bonds. The molecule has 0 radical (unpaired) electrons. The van der Waals surface area contributed by atoms with Crippen molar-refractivity contribution in [2.75, 3.05) is 11.4 Å². The first-order valence-electron chi connectivity index (χ1n) is 6.28. The zero-order valence-corrected chi connectivity index (χ0v) is 13.2. The van der Waals surface area contributed by atoms with E-state index in [1.807, 2.05) is 12.1 Å². The van der Waals surface area contributed by atoms with E-state index >= 15 is 0 Å². The Kier molecular flexibility index (Phi) is 3.56. The predicted molar refractivity (Wildman–Crippen MR) is 80.4 cm³/mol. The van der Waals surface area contributed by atoms with Crippen LogP contribution in [0.4, 0.5) is 5.69 Å². The summed E-state index contributed by atoms with van der Waals surface area (Å²) in [7, 11) is 0. The van der Waals surface area contributed by atoms with Crippen molar-refractivity contribution in [3.63, 3.8) is 0 Å². The van der Waals surface area contributed by atoms with E-state index in [0.717, 1.165) is 28.6 Å². The number of aromatic nitrogens is 1. The number of hydrogen-bond acceptors (Lipinski definition) is 3. The van der Waals surface area contributed by atoms with Crippen molar-refractivity contribution in [2.24, 2.45) is 0 Å². The van der Waals surface area contributed by atoms with Crippen LogP contribution in [0, 0.1) is 6.92 Å². The van der Waals surface area contributed by atoms with Crippen molar-refractivity contribution in [3.8, 4) is 0 Å². The molecule has 0 N–H and O–H groups in total. The van der Waals surface area contributed by atoms with Crippen molar-refractivity contribution >= 4 is 39.1 Å². The van der Waals surface area contributed by atoms with Crippen LogP contribution in [-0.4, -0.2) is 17.4 Å². The van der Waals surface area contributed by atoms with Gasteiger partial charge in [0.25, 0.3) is 5.91 Å². The van der Waals surface area contributed by atoms with Gasteiger partial charge in [0.2, 0.25) is 0 Å². The summed E-state index contributed by atoms with van der Waals surface area (Å²) < 4.78 is 6.06. The maximum absolute atomic E-state index is 12.5. The molecule has 6 heteroatoms. The number of fused-ring (bicyclic) bond motifs is 1. The van der Waals surface area contributed by atoms with Crippen molar-refractivity contribution < 1.29 is 9.21 Å². The molecule has 1 aliphatic rings. The minimum absolute atomic E-state index is 0.156. The molecule has 1 aliphatic heterocycles. The normalized spacial score (nSPS) is 14.2. The Hall–Kier alpha value is -1.33. The molecule has 0 fully saturated rings. The molecule has 104 valence electrons. The quantitative estimate of drug-likeness (QED) is 0.777. The number of benzene rings is 1. The Bertz CT molecular complexity index is 684. The number of carbonyl (C=O) groups is 1. The molecule has 0 saturated carbocycles. The van der Waals surface area contributed by atoms with E-state index < -0.39 is 0 Å². The van der Waals surface area contributed by atoms with Gasteiger partial charge in [-0.1, -0.05) is 27.5 Å². The van der Waals surface area contributed by atoms with E-state index in [9.17, 15) is 4.79 Å². The molecule has 0 atom stereocenters. The lowest BCUT2D eigenvalue weighted by Gasteiger charge is -2.29. The SMILES string of the molecule is Cc1nc(C(=O)N2CCCc3c(Br)cc(Cl)cc32)co1. The fourth-order valence-corrected chi connectivity index (χ4v) is 3.42. The third kappa shape index (κ3) is 2.36. The van der Waals surface area contributed by atoms with Gasteiger partial charge in [-0.05, 0) is 30.5 Å². The van der Waals surface area contributed by atoms with E-state index in [1.54, 1.807) is 11.8 Å². The van der Waals surface area contributed by atoms with Gasteiger partial charge in [0.15, 0.2) is 11.6 Å². The summed E-state index contributed by atoms with van der Waals surface area (Å²) in [5.74, 6) is 0.329. The Labute approximate surface area is 129 Å². The van der Waals surface area contributed by atoms with Gasteiger partial charge in [0.05, 0.1) is 0 Å². The molecule has 4 nitrogen and oxygen atoms in total. The molecular weight excluding hydrogens is 344 g/mol. The number of nitrogens with zero attached hydrogens (tertiary/aromatic N) is 2. The molecule has 1 aromatic heterocycles. The number of amides is 1. The van der Waals surface area contributed by atoms with Gasteiger partial charge < -0.3 is 9.32 Å². The standard InChI is InChI=1S/C14H12BrClN2O2/c1-8-17-12(7-20-8)14(19)18-4-2-3-10-11(15)5-9(16)6-13(10)18/h5-7H,2-4H2,1H3. The number of rotatable bonds is 1. The molecule has 2 aromatic rings. The molecule has 2 heterocycles. The fourth-order valence-electron chi connectivity index (χ4n) is 2.42. The lowest BCUT2D eigenvalue weighted by atomic mass is 10.0. The van der Waals surface area contributed by atoms with Gasteiger partial charge in [-0.15, -0.1) is 0 Å². The monoisotopic (exact) mass is 354 g/mol. The van der Waals surface area contributed by atoms with Crippen molar-refractivity contribution in [3.05, 3.63) is 45.0 Å². The van der Waals surface area contributed by atoms with E-state index in [4.69, 9.17) is 16.0 Å². The largest absolute Gasteiger partial charge is 0.448 e. The Morgan fingerprint density at radius 3 is 3.00 bits per heavy atom. The number of halogens is 2. The molecule has 0 aliphatic carbocycles. The highest BCUT2D eigenvalue weighted by Gasteiger charge is 2.27. The Morgan fingerprint density at radius 1 is 1.50 bits per heavy atom. The first-order chi connectivity index (χ1) is 9.56. The average Bonchev–Trinajstić information content (AvgIpc) is 2.84. The molecule has 0 unspecified atom stereocenters. The Balaban J connectivity index is 2.03. The first-order valence-corrected chi connectivity index (χ1v) is 7.45. The third-order valence-electron chi connectivity index (χ3n) is 3.32. The number of oxazole rings is 1. The highest BCUT2D eigenvalue weighted by atomic mass is 79.9. The molecule has 20 heavy (non-hydrogen) atoms. The highest BCUT2D eigenvalue weighted by molar-refractivity contribution is 9.10. The number of anilines is 1. The van der Waals surface area contributed by atoms with Crippen molar-refractivity contribution in [1.82, 2.24) is 4.98 Å². The van der Waals surface area contributed by atoms with E-state index in [1.165, 1.54) is 6.26 Å². The number of carbonyl (C=O) groups excluding carboxylic acids is 1. The van der Waals surface area contributed by atoms with Gasteiger partial charge >= 0.3 is 0 Å². The van der Waals surface area contributed by atoms with Crippen molar-refractivity contribution in [1.29, 1.82) is 0 Å². The number of hydrogen-bond donors (Lipinski definition) is 0. The molecule has 0 saturated heterocycles. The van der Waals surface area contributed by atoms with Crippen molar-refractivity contribution in [2.45, 2.75) is 19.8 Å². The fraction of sp³-hybridized carbons (Fsp3) is 0.286. The zero-order chi connectivity index (χ0) is 14.3. The van der Waals surface area contributed by atoms with Gasteiger partial charge in [-0.25, -0.2) is 4.98 Å². The van der Waals surface area contributed by atoms with Crippen LogP contribution in [0.5, 0.6) is 0 Å². The lowest BCUT2D eigenvalue weighted by Crippen LogP contribution is -2.35. The van der Waals surface area contributed by atoms with Crippen LogP contribution in [0.3, 0.4) is 0 Å². The van der Waals surface area contributed by atoms with Crippen LogP contribution in [0.25, 0.3) is 0 Å². The summed E-state index contributed by atoms with van der Waals surface area (Å²) in [6.07, 6.45) is 3.23. The predicted octanol–water partition coefficient (Wildman–Crippen LogP) is 3.99. The maximum Gasteiger partial charge on any atom is 0.280 e. The highest BCUT2D eigenvalue weighted by Crippen LogP contribution is 2.36. The second kappa shape index (κ2) is 5.22. The van der Waals surface area contributed by atoms with Gasteiger partial charge in [0.1, 0.15) is 6.26 Å². The summed E-state index contributed by atoms with van der Waals surface area (Å²) in [5, 5.41) is 0.603. The Morgan fingerprint density at radius 2 is 2.30 bits per heavy atom. The minimum atomic E-state index is -0.156. The molecule has 0 bridgehead atoms. The number of aryl methyl sites for hydroxylation is 1. The second-order valence-electron chi connectivity index (χ2n) is 4.70. The van der Waals surface area contributed by atoms with Crippen LogP contribution < -0.4 is 4.90 Å². The maximum atomic E-state index is 12.5. The van der Waals surface area contributed by atoms with Gasteiger partial charge in [-0.3, -0.25) is 4.79 Å². The summed E-state index contributed by atoms with van der Waals surface area (Å²) in [4.78, 5) is 18.4. The van der Waals surface area contributed by atoms with E-state index in [-0.39, 0.29) is 5.91 Å². The summed E-state index contributed by atoms with van der Waals surface area (Å²) in [6, 6.07) is 3.68. The van der Waals surface area contributed by atoms with Gasteiger partial charge in [0, 0.05) is 28.7 Å². The molecule has 0 spiro atoms. The molecule has 3 rings (SSSR count). The summed E-state index contributed by atoms with van der Waals surface area (Å²) >= 11 is 9.61. The molecular formula is C14H12BrClN2O2. The first kappa shape index (κ1) is 13.6. The van der Waals surface area contributed by atoms with Gasteiger partial charge in [-0.2, -0.15) is 0 Å². The summed E-state index contributed by atoms with van der Waals surface area (Å²) in [6.45, 7) is 2.37. The lowest BCUT2D eigenvalue weighted by molar-refractivity contribution is 0.0980. The smallest absolute Gasteiger partial charge is 0.280 e. The second-order valence-corrected chi connectivity index (χ2v) is 5.99. The van der Waals surface area contributed by atoms with E-state index in [2.05, 4.69) is 20.9 Å². The van der Waals surface area contributed by atoms with Crippen LogP contribution >= 0.6 is 27.5 Å². The van der Waals surface area contributed by atoms with Crippen LogP contribution in [-0.2, 0) is 6.42 Å². The van der Waals surface area contributed by atoms with Crippen LogP contribution in [0.1, 0.15) is 28.4 Å². The minimum Gasteiger partial charge on any atom is -0.448 e. The average molecular weight is 356 g/mol. The zero-order valence-electron chi connectivity index (χ0n) is 10.8. The topological polar surface area (TPSA) is 46.3 Å². The molecule has 1 aromatic carbocycles. The van der Waals surface area contributed by atoms with Crippen LogP contribution in [0.15, 0.2) is 27.3 Å². The summed E-state index contributed by atoms with van der Waals surface area (Å²) in [5.41, 5.74) is 2.28. The van der Waals surface area contributed by atoms with E-state index in [0.29, 0.717) is 23.2 Å². The third-order valence-corrected chi connectivity index (χ3v) is 4.25. The van der Waals surface area contributed by atoms with Crippen LogP contribution in [0.2, 0.25) is 5.02 Å².